The average molecular weight is 1040 g/mol. The van der Waals surface area contributed by atoms with Crippen LogP contribution in [0.1, 0.15) is 22.3 Å². The van der Waals surface area contributed by atoms with Crippen molar-refractivity contribution in [1.82, 2.24) is 0 Å². The van der Waals surface area contributed by atoms with Crippen molar-refractivity contribution in [3.05, 3.63) is 22.3 Å². The summed E-state index contributed by atoms with van der Waals surface area (Å²) < 4.78 is -4.29. The van der Waals surface area contributed by atoms with E-state index in [0.29, 0.717) is 0 Å². The van der Waals surface area contributed by atoms with Crippen LogP contribution in [0.3, 0.4) is 0 Å². The number of carboxylic acids is 2. The standard InChI is InChI=1S/C64H2Br2O4.2Na/c65-63(59(67)68)61-55-47-39-29-19-11-3-1-2-5-9-7(3)15-23-17(9)27-21-13(5)14-6(2)10-8-4(1)12(11)20-26-16(8)24-18(10)28-22(14)32-31(21)41-35(27)45-37(23)43(33(39)25(15)19)51(55)53(45)57-49(41)50-42(32)36(28)46-38(24)44-34(26)40(30(20)29)48(47)56(61)52(44)54(46)58(50)62(57,61)64(63,66)60(69)70;;/h(H,67,68)(H,69,70);;/q;2*+1/p-2/t61?,62?,63-,64-;;/m0../s1. The smallest absolute Gasteiger partial charge is 0.549 e. The molecule has 0 aromatic heterocycles. The van der Waals surface area contributed by atoms with Crippen molar-refractivity contribution >= 4 is 335 Å². The molecule has 0 amide bonds. The summed E-state index contributed by atoms with van der Waals surface area (Å²) >= 11 is 8.30. The number of alkyl halides is 2. The summed E-state index contributed by atoms with van der Waals surface area (Å²) in [7, 11) is 0. The first-order valence-electron chi connectivity index (χ1n) is 24.9. The first-order chi connectivity index (χ1) is 34.4. The summed E-state index contributed by atoms with van der Waals surface area (Å²) in [5, 5.41) is 105. The third-order valence-corrected chi connectivity index (χ3v) is 28.9. The van der Waals surface area contributed by atoms with Gasteiger partial charge in [-0.3, -0.25) is 0 Å². The van der Waals surface area contributed by atoms with Gasteiger partial charge in [-0.25, -0.2) is 0 Å². The first-order valence-corrected chi connectivity index (χ1v) is 26.5. The average Bonchev–Trinajstić information content (AvgIpc) is 4.28. The summed E-state index contributed by atoms with van der Waals surface area (Å²) in [6.07, 6.45) is 0. The largest absolute Gasteiger partial charge is 1.00 e. The zero-order valence-corrected chi connectivity index (χ0v) is 43.6. The molecule has 4 nitrogen and oxygen atoms in total. The molecule has 0 heterocycles. The van der Waals surface area contributed by atoms with E-state index in [9.17, 15) is 0 Å². The number of carbonyl (C=O) groups excluding carboxylic acids is 2. The molecule has 0 unspecified atom stereocenters. The van der Waals surface area contributed by atoms with Gasteiger partial charge in [0.25, 0.3) is 0 Å². The molecule has 0 aliphatic heterocycles. The fourth-order valence-electron chi connectivity index (χ4n) is 25.5. The van der Waals surface area contributed by atoms with Gasteiger partial charge >= 0.3 is 59.1 Å². The number of halogens is 2. The third kappa shape index (κ3) is 1.56. The molecule has 0 saturated heterocycles. The van der Waals surface area contributed by atoms with E-state index in [1.807, 2.05) is 0 Å². The second-order valence-electron chi connectivity index (χ2n) is 25.1. The summed E-state index contributed by atoms with van der Waals surface area (Å²) in [6.45, 7) is 0. The van der Waals surface area contributed by atoms with E-state index in [0.717, 1.165) is 22.3 Å². The molecule has 0 N–H and O–H groups in total. The van der Waals surface area contributed by atoms with E-state index in [1.54, 1.807) is 0 Å². The summed E-state index contributed by atoms with van der Waals surface area (Å²) in [5.74, 6) is -2.78. The van der Waals surface area contributed by atoms with E-state index in [1.165, 1.54) is 291 Å². The Kier molecular flexibility index (Phi) is 2.98. The molecule has 1 saturated carbocycles. The zero-order chi connectivity index (χ0) is 42.6. The van der Waals surface area contributed by atoms with Gasteiger partial charge in [0.1, 0.15) is 8.65 Å². The molecule has 5 aliphatic carbocycles. The van der Waals surface area contributed by atoms with Gasteiger partial charge in [0.2, 0.25) is 0 Å². The quantitative estimate of drug-likeness (QED) is 0.0998. The van der Waals surface area contributed by atoms with Crippen molar-refractivity contribution in [2.24, 2.45) is 0 Å². The second kappa shape index (κ2) is 6.88. The minimum absolute atomic E-state index is 0. The summed E-state index contributed by atoms with van der Waals surface area (Å²) in [5.41, 5.74) is 1.43. The Morgan fingerprint density at radius 3 is 0.375 bits per heavy atom. The molecule has 1 fully saturated rings. The topological polar surface area (TPSA) is 80.3 Å². The molecule has 5 aliphatic rings. The molecule has 2 spiro atoms. The zero-order valence-electron chi connectivity index (χ0n) is 36.4. The van der Waals surface area contributed by atoms with E-state index in [-0.39, 0.29) is 59.1 Å². The number of benzene rings is 18. The van der Waals surface area contributed by atoms with Gasteiger partial charge in [0, 0.05) is 0 Å². The van der Waals surface area contributed by atoms with Crippen molar-refractivity contribution in [2.75, 3.05) is 0 Å². The van der Waals surface area contributed by atoms with Crippen LogP contribution in [-0.4, -0.2) is 20.6 Å². The molecule has 2 atom stereocenters. The maximum Gasteiger partial charge on any atom is 1.00 e. The molecule has 33 rings (SSSR count). The van der Waals surface area contributed by atoms with Crippen LogP contribution in [0, 0.1) is 0 Å². The monoisotopic (exact) mass is 1040 g/mol. The Morgan fingerprint density at radius 1 is 0.208 bits per heavy atom. The fourth-order valence-corrected chi connectivity index (χ4v) is 27.8. The Bertz CT molecular complexity index is 6780. The normalized spacial score (nSPS) is 25.9. The predicted molar refractivity (Wildman–Crippen MR) is 287 cm³/mol. The van der Waals surface area contributed by atoms with Crippen molar-refractivity contribution in [3.8, 4) is 0 Å². The van der Waals surface area contributed by atoms with Crippen molar-refractivity contribution in [3.63, 3.8) is 0 Å². The SMILES string of the molecule is O=C([O-])[C@]1(Br)C23c4c5c6c7c8c9c(c%10c%11c2c2c4c4c%12c5c5c6c6c8c8c%13c9c9c%10c%10c%11c%11c2c2c4c4c%12c%12c5c5c6c8c6c8c%13c9c9c%10c%10c%11c2c2c4c4c%12c5c6c5c8c9c%10c2c45)C73[C@@]1(Br)C(=O)[O-].[Na+].[Na+]. The van der Waals surface area contributed by atoms with Gasteiger partial charge in [0.05, 0.1) is 22.8 Å². The summed E-state index contributed by atoms with van der Waals surface area (Å²) in [6, 6.07) is 0. The van der Waals surface area contributed by atoms with E-state index < -0.39 is 31.4 Å². The minimum atomic E-state index is -2.14. The van der Waals surface area contributed by atoms with Gasteiger partial charge in [-0.15, -0.1) is 0 Å². The Morgan fingerprint density at radius 2 is 0.292 bits per heavy atom. The van der Waals surface area contributed by atoms with Crippen LogP contribution in [0.2, 0.25) is 0 Å². The van der Waals surface area contributed by atoms with Crippen molar-refractivity contribution < 1.29 is 78.9 Å². The van der Waals surface area contributed by atoms with E-state index in [2.05, 4.69) is 31.9 Å². The van der Waals surface area contributed by atoms with Crippen LogP contribution in [0.25, 0.3) is 291 Å². The predicted octanol–water partition coefficient (Wildman–Crippen LogP) is 8.08. The number of rotatable bonds is 2. The van der Waals surface area contributed by atoms with Gasteiger partial charge in [-0.2, -0.15) is 0 Å². The van der Waals surface area contributed by atoms with Gasteiger partial charge in [0.15, 0.2) is 0 Å². The van der Waals surface area contributed by atoms with Crippen LogP contribution >= 0.6 is 31.9 Å². The Labute approximate surface area is 450 Å². The van der Waals surface area contributed by atoms with Crippen molar-refractivity contribution in [1.29, 1.82) is 0 Å². The molecule has 0 bridgehead atoms. The van der Waals surface area contributed by atoms with E-state index in [4.69, 9.17) is 0 Å². The molecule has 28 aromatic rings. The molecule has 0 radical (unpaired) electrons. The number of hydrogen-bond donors (Lipinski definition) is 0. The van der Waals surface area contributed by atoms with Crippen molar-refractivity contribution in [2.45, 2.75) is 19.5 Å². The Balaban J connectivity index is 0.00000165. The van der Waals surface area contributed by atoms with Crippen LogP contribution in [0.15, 0.2) is 0 Å². The van der Waals surface area contributed by atoms with Crippen LogP contribution in [0.4, 0.5) is 0 Å². The van der Waals surface area contributed by atoms with Gasteiger partial charge in [-0.1, -0.05) is 31.9 Å². The second-order valence-corrected chi connectivity index (χ2v) is 27.5. The van der Waals surface area contributed by atoms with E-state index >= 15 is 19.8 Å². The molecular formula is C64Br2Na2O4. The molecular weight excluding hydrogens is 1040 g/mol. The molecule has 72 heavy (non-hydrogen) atoms. The fraction of sp³-hybridized carbons (Fsp3) is 0.0625. The van der Waals surface area contributed by atoms with Gasteiger partial charge < -0.3 is 19.8 Å². The number of carbonyl (C=O) groups is 2. The van der Waals surface area contributed by atoms with Gasteiger partial charge in [-0.05, 0) is 313 Å². The number of carboxylic acid groups (broad SMARTS) is 2. The maximum atomic E-state index is 15.3. The molecule has 296 valence electrons. The number of aliphatic carboxylic acids is 2. The number of hydrogen-bond acceptors (Lipinski definition) is 4. The maximum absolute atomic E-state index is 15.3. The van der Waals surface area contributed by atoms with Crippen LogP contribution in [0.5, 0.6) is 0 Å². The summed E-state index contributed by atoms with van der Waals surface area (Å²) in [4.78, 5) is 30.6. The Hall–Kier alpha value is -5.64. The molecule has 28 aromatic carbocycles. The minimum Gasteiger partial charge on any atom is -0.549 e. The van der Waals surface area contributed by atoms with Crippen LogP contribution in [-0.2, 0) is 20.4 Å². The first kappa shape index (κ1) is 31.2. The molecule has 8 heteroatoms. The third-order valence-electron chi connectivity index (χ3n) is 25.4. The van der Waals surface area contributed by atoms with Crippen LogP contribution < -0.4 is 69.3 Å².